The van der Waals surface area contributed by atoms with Crippen LogP contribution in [0.2, 0.25) is 0 Å². The van der Waals surface area contributed by atoms with Crippen LogP contribution in [-0.2, 0) is 0 Å². The molecule has 2 aliphatic rings. The number of hydrogen-bond acceptors (Lipinski definition) is 6. The van der Waals surface area contributed by atoms with Crippen LogP contribution >= 0.6 is 11.3 Å². The Morgan fingerprint density at radius 3 is 2.67 bits per heavy atom. The summed E-state index contributed by atoms with van der Waals surface area (Å²) in [5, 5.41) is 31.3. The number of nitriles is 3. The van der Waals surface area contributed by atoms with Crippen molar-refractivity contribution in [2.24, 2.45) is 17.1 Å². The Hall–Kier alpha value is -2.59. The third-order valence-corrected chi connectivity index (χ3v) is 5.99. The number of likely N-dealkylation sites (N-methyl/N-ethyl adjacent to an activating group) is 1. The van der Waals surface area contributed by atoms with Crippen molar-refractivity contribution in [1.29, 1.82) is 15.8 Å². The minimum absolute atomic E-state index is 0.0846. The minimum atomic E-state index is -1.51. The van der Waals surface area contributed by atoms with Crippen LogP contribution in [0.3, 0.4) is 0 Å². The van der Waals surface area contributed by atoms with Gasteiger partial charge in [-0.3, -0.25) is 4.90 Å². The second-order valence-corrected chi connectivity index (χ2v) is 7.02. The summed E-state index contributed by atoms with van der Waals surface area (Å²) < 4.78 is 0. The molecule has 6 heteroatoms. The standard InChI is InChI=1S/C18H17N5S/c1-2-23-6-5-12-13(8-19)17(22)18(10-20,11-21)16(14(12)9-23)15-4-3-7-24-15/h3-5,7,14,16H,2,6,9,22H2,1H3/t14-,16+/m0/s1. The average Bonchev–Trinajstić information content (AvgIpc) is 3.14. The Labute approximate surface area is 145 Å². The van der Waals surface area contributed by atoms with E-state index in [1.54, 1.807) is 0 Å². The van der Waals surface area contributed by atoms with E-state index in [4.69, 9.17) is 5.73 Å². The minimum Gasteiger partial charge on any atom is -0.399 e. The Kier molecular flexibility index (Phi) is 4.16. The van der Waals surface area contributed by atoms with E-state index in [9.17, 15) is 15.8 Å². The fourth-order valence-electron chi connectivity index (χ4n) is 3.77. The van der Waals surface area contributed by atoms with Gasteiger partial charge in [-0.1, -0.05) is 19.1 Å². The number of nitrogens with zero attached hydrogens (tertiary/aromatic N) is 4. The Bertz CT molecular complexity index is 814. The molecule has 0 saturated heterocycles. The summed E-state index contributed by atoms with van der Waals surface area (Å²) in [6.45, 7) is 4.43. The first-order valence-corrected chi connectivity index (χ1v) is 8.69. The molecular weight excluding hydrogens is 318 g/mol. The lowest BCUT2D eigenvalue weighted by atomic mass is 9.59. The van der Waals surface area contributed by atoms with Gasteiger partial charge in [0.2, 0.25) is 0 Å². The van der Waals surface area contributed by atoms with E-state index < -0.39 is 5.41 Å². The van der Waals surface area contributed by atoms with Gasteiger partial charge in [-0.25, -0.2) is 0 Å². The van der Waals surface area contributed by atoms with Gasteiger partial charge in [-0.05, 0) is 23.6 Å². The monoisotopic (exact) mass is 335 g/mol. The first-order chi connectivity index (χ1) is 11.6. The molecule has 1 aliphatic carbocycles. The predicted molar refractivity (Wildman–Crippen MR) is 91.2 cm³/mol. The molecule has 2 N–H and O–H groups in total. The van der Waals surface area contributed by atoms with Crippen LogP contribution in [0, 0.1) is 45.3 Å². The number of allylic oxidation sites excluding steroid dienone is 2. The summed E-state index contributed by atoms with van der Waals surface area (Å²) in [7, 11) is 0. The highest BCUT2D eigenvalue weighted by atomic mass is 32.1. The number of thiophene rings is 1. The van der Waals surface area contributed by atoms with Gasteiger partial charge in [0.15, 0.2) is 5.41 Å². The molecule has 5 nitrogen and oxygen atoms in total. The quantitative estimate of drug-likeness (QED) is 0.895. The maximum Gasteiger partial charge on any atom is 0.192 e. The molecule has 0 saturated carbocycles. The van der Waals surface area contributed by atoms with Crippen LogP contribution in [0.5, 0.6) is 0 Å². The molecule has 2 heterocycles. The molecule has 0 bridgehead atoms. The van der Waals surface area contributed by atoms with Crippen molar-refractivity contribution < 1.29 is 0 Å². The normalized spacial score (nSPS) is 25.8. The van der Waals surface area contributed by atoms with Crippen LogP contribution in [0.4, 0.5) is 0 Å². The molecule has 0 radical (unpaired) electrons. The highest BCUT2D eigenvalue weighted by Crippen LogP contribution is 2.54. The molecule has 0 spiro atoms. The van der Waals surface area contributed by atoms with Gasteiger partial charge in [0.25, 0.3) is 0 Å². The lowest BCUT2D eigenvalue weighted by Crippen LogP contribution is -2.47. The first-order valence-electron chi connectivity index (χ1n) is 7.81. The number of rotatable bonds is 2. The van der Waals surface area contributed by atoms with Crippen LogP contribution in [0.15, 0.2) is 40.4 Å². The van der Waals surface area contributed by atoms with E-state index in [0.29, 0.717) is 12.1 Å². The fourth-order valence-corrected chi connectivity index (χ4v) is 4.73. The summed E-state index contributed by atoms with van der Waals surface area (Å²) in [5.41, 5.74) is 6.02. The SMILES string of the molecule is CCN1CC=C2C(C#N)=C(N)C(C#N)(C#N)[C@@H](c3cccs3)[C@H]2C1. The zero-order valence-electron chi connectivity index (χ0n) is 13.4. The Morgan fingerprint density at radius 1 is 1.38 bits per heavy atom. The molecular formula is C18H17N5S. The molecule has 1 aromatic rings. The third kappa shape index (κ3) is 2.14. The van der Waals surface area contributed by atoms with Gasteiger partial charge < -0.3 is 5.73 Å². The van der Waals surface area contributed by atoms with Crippen molar-refractivity contribution in [3.05, 3.63) is 45.3 Å². The molecule has 2 atom stereocenters. The van der Waals surface area contributed by atoms with Gasteiger partial charge >= 0.3 is 0 Å². The molecule has 24 heavy (non-hydrogen) atoms. The van der Waals surface area contributed by atoms with Gasteiger partial charge in [0, 0.05) is 29.8 Å². The van der Waals surface area contributed by atoms with Crippen molar-refractivity contribution in [1.82, 2.24) is 4.90 Å². The maximum absolute atomic E-state index is 9.88. The Balaban J connectivity index is 2.29. The molecule has 120 valence electrons. The second-order valence-electron chi connectivity index (χ2n) is 6.04. The highest BCUT2D eigenvalue weighted by molar-refractivity contribution is 7.10. The number of fused-ring (bicyclic) bond motifs is 1. The summed E-state index contributed by atoms with van der Waals surface area (Å²) >= 11 is 1.53. The van der Waals surface area contributed by atoms with E-state index in [1.165, 1.54) is 11.3 Å². The van der Waals surface area contributed by atoms with Gasteiger partial charge in [-0.15, -0.1) is 11.3 Å². The van der Waals surface area contributed by atoms with E-state index in [1.807, 2.05) is 23.6 Å². The Morgan fingerprint density at radius 2 is 2.12 bits per heavy atom. The summed E-state index contributed by atoms with van der Waals surface area (Å²) in [5.74, 6) is -0.441. The van der Waals surface area contributed by atoms with E-state index in [-0.39, 0.29) is 17.5 Å². The van der Waals surface area contributed by atoms with Crippen molar-refractivity contribution in [2.45, 2.75) is 12.8 Å². The lowest BCUT2D eigenvalue weighted by Gasteiger charge is -2.44. The van der Waals surface area contributed by atoms with Crippen LogP contribution in [0.1, 0.15) is 17.7 Å². The van der Waals surface area contributed by atoms with E-state index >= 15 is 0 Å². The van der Waals surface area contributed by atoms with E-state index in [0.717, 1.165) is 23.5 Å². The maximum atomic E-state index is 9.88. The fraction of sp³-hybridized carbons (Fsp3) is 0.389. The summed E-state index contributed by atoms with van der Waals surface area (Å²) in [6.07, 6.45) is 2.03. The molecule has 0 fully saturated rings. The average molecular weight is 335 g/mol. The van der Waals surface area contributed by atoms with Crippen LogP contribution < -0.4 is 5.73 Å². The van der Waals surface area contributed by atoms with Crippen LogP contribution in [-0.4, -0.2) is 24.5 Å². The topological polar surface area (TPSA) is 101 Å². The molecule has 0 amide bonds. The molecule has 3 rings (SSSR count). The van der Waals surface area contributed by atoms with Gasteiger partial charge in [-0.2, -0.15) is 15.8 Å². The van der Waals surface area contributed by atoms with Crippen molar-refractivity contribution in [3.63, 3.8) is 0 Å². The number of hydrogen-bond donors (Lipinski definition) is 1. The molecule has 0 unspecified atom stereocenters. The zero-order valence-corrected chi connectivity index (χ0v) is 14.2. The van der Waals surface area contributed by atoms with Gasteiger partial charge in [0.1, 0.15) is 6.07 Å². The predicted octanol–water partition coefficient (Wildman–Crippen LogP) is 2.49. The molecule has 1 aliphatic heterocycles. The number of nitrogens with two attached hydrogens (primary N) is 1. The summed E-state index contributed by atoms with van der Waals surface area (Å²) in [6, 6.07) is 10.3. The smallest absolute Gasteiger partial charge is 0.192 e. The molecule has 0 aromatic carbocycles. The van der Waals surface area contributed by atoms with Gasteiger partial charge in [0.05, 0.1) is 23.4 Å². The van der Waals surface area contributed by atoms with Crippen molar-refractivity contribution in [3.8, 4) is 18.2 Å². The largest absolute Gasteiger partial charge is 0.399 e. The first kappa shape index (κ1) is 16.3. The third-order valence-electron chi connectivity index (χ3n) is 5.04. The van der Waals surface area contributed by atoms with Crippen molar-refractivity contribution in [2.75, 3.05) is 19.6 Å². The highest BCUT2D eigenvalue weighted by Gasteiger charge is 2.54. The lowest BCUT2D eigenvalue weighted by molar-refractivity contribution is 0.216. The van der Waals surface area contributed by atoms with Crippen molar-refractivity contribution >= 4 is 11.3 Å². The van der Waals surface area contributed by atoms with Crippen LogP contribution in [0.25, 0.3) is 0 Å². The summed E-state index contributed by atoms with van der Waals surface area (Å²) in [4.78, 5) is 3.22. The molecule has 1 aromatic heterocycles. The second kappa shape index (κ2) is 6.13. The zero-order chi connectivity index (χ0) is 17.3. The van der Waals surface area contributed by atoms with E-state index in [2.05, 4.69) is 30.0 Å².